The monoisotopic (exact) mass is 467 g/mol. The fourth-order valence-corrected chi connectivity index (χ4v) is 6.53. The van der Waals surface area contributed by atoms with E-state index in [-0.39, 0.29) is 42.6 Å². The minimum Gasteiger partial charge on any atom is -0.435 e. The first-order chi connectivity index (χ1) is 15.8. The van der Waals surface area contributed by atoms with Crippen molar-refractivity contribution in [2.45, 2.75) is 102 Å². The van der Waals surface area contributed by atoms with E-state index >= 15 is 0 Å². The molecule has 6 aliphatic rings. The molecule has 1 amide bonds. The van der Waals surface area contributed by atoms with Crippen LogP contribution in [0.2, 0.25) is 0 Å². The summed E-state index contributed by atoms with van der Waals surface area (Å²) in [4.78, 5) is 36.6. The van der Waals surface area contributed by atoms with Gasteiger partial charge in [0.15, 0.2) is 11.9 Å². The Morgan fingerprint density at radius 2 is 1.91 bits per heavy atom. The molecule has 5 heterocycles. The van der Waals surface area contributed by atoms with Crippen LogP contribution in [0.3, 0.4) is 0 Å². The maximum Gasteiger partial charge on any atom is 0.308 e. The van der Waals surface area contributed by atoms with E-state index in [2.05, 4.69) is 12.2 Å². The Kier molecular flexibility index (Phi) is 6.46. The van der Waals surface area contributed by atoms with E-state index < -0.39 is 29.9 Å². The number of hydrogen-bond acceptors (Lipinski definition) is 8. The average molecular weight is 468 g/mol. The largest absolute Gasteiger partial charge is 0.435 e. The van der Waals surface area contributed by atoms with E-state index in [1.165, 1.54) is 0 Å². The van der Waals surface area contributed by atoms with Gasteiger partial charge in [0.1, 0.15) is 0 Å². The van der Waals surface area contributed by atoms with E-state index in [9.17, 15) is 9.59 Å². The number of ether oxygens (including phenoxy) is 4. The highest BCUT2D eigenvalue weighted by molar-refractivity contribution is 5.81. The summed E-state index contributed by atoms with van der Waals surface area (Å²) < 4.78 is 23.8. The first kappa shape index (κ1) is 23.5. The SMILES string of the molecule is C[C@H]1[C@H](OC(=O)CCC(=O)NC[C@@H]2CCCO2)O[C@@H]2O[C@@]3(C)CC[C@@H]4[C@H](C)CC[C@H]1[C@@]24OO3. The van der Waals surface area contributed by atoms with Crippen LogP contribution in [-0.4, -0.2) is 55.1 Å². The molecule has 5 saturated heterocycles. The Morgan fingerprint density at radius 1 is 1.06 bits per heavy atom. The van der Waals surface area contributed by atoms with Crippen LogP contribution in [-0.2, 0) is 38.3 Å². The number of carbonyl (C=O) groups is 2. The molecule has 6 rings (SSSR count). The van der Waals surface area contributed by atoms with Gasteiger partial charge in [-0.2, -0.15) is 0 Å². The number of hydrogen-bond donors (Lipinski definition) is 1. The van der Waals surface area contributed by atoms with Gasteiger partial charge in [-0.1, -0.05) is 13.8 Å². The smallest absolute Gasteiger partial charge is 0.308 e. The summed E-state index contributed by atoms with van der Waals surface area (Å²) in [6.45, 7) is 7.40. The maximum absolute atomic E-state index is 12.6. The molecular weight excluding hydrogens is 430 g/mol. The Morgan fingerprint density at radius 3 is 2.70 bits per heavy atom. The van der Waals surface area contributed by atoms with Crippen molar-refractivity contribution in [1.29, 1.82) is 0 Å². The fraction of sp³-hybridized carbons (Fsp3) is 0.917. The molecule has 9 nitrogen and oxygen atoms in total. The molecule has 5 aliphatic heterocycles. The van der Waals surface area contributed by atoms with Gasteiger partial charge in [0.2, 0.25) is 18.0 Å². The summed E-state index contributed by atoms with van der Waals surface area (Å²) in [6, 6.07) is 0. The van der Waals surface area contributed by atoms with Gasteiger partial charge >= 0.3 is 5.97 Å². The van der Waals surface area contributed by atoms with Crippen LogP contribution >= 0.6 is 0 Å². The summed E-state index contributed by atoms with van der Waals surface area (Å²) in [5.74, 6) is -0.746. The molecule has 0 aromatic carbocycles. The van der Waals surface area contributed by atoms with E-state index in [1.807, 2.05) is 13.8 Å². The summed E-state index contributed by atoms with van der Waals surface area (Å²) >= 11 is 0. The van der Waals surface area contributed by atoms with Crippen molar-refractivity contribution in [1.82, 2.24) is 5.32 Å². The van der Waals surface area contributed by atoms with Crippen molar-refractivity contribution in [3.05, 3.63) is 0 Å². The van der Waals surface area contributed by atoms with E-state index in [4.69, 9.17) is 28.7 Å². The number of fused-ring (bicyclic) bond motifs is 2. The summed E-state index contributed by atoms with van der Waals surface area (Å²) in [5, 5.41) is 2.84. The van der Waals surface area contributed by atoms with Crippen LogP contribution in [0, 0.1) is 23.7 Å². The lowest BCUT2D eigenvalue weighted by Gasteiger charge is -2.59. The van der Waals surface area contributed by atoms with Gasteiger partial charge in [-0.3, -0.25) is 9.59 Å². The van der Waals surface area contributed by atoms with E-state index in [1.54, 1.807) is 0 Å². The van der Waals surface area contributed by atoms with Crippen molar-refractivity contribution < 1.29 is 38.3 Å². The van der Waals surface area contributed by atoms with Gasteiger partial charge in [-0.25, -0.2) is 9.78 Å². The lowest BCUT2D eigenvalue weighted by atomic mass is 9.58. The lowest BCUT2D eigenvalue weighted by molar-refractivity contribution is -0.576. The van der Waals surface area contributed by atoms with Crippen molar-refractivity contribution in [3.63, 3.8) is 0 Å². The molecule has 0 unspecified atom stereocenters. The van der Waals surface area contributed by atoms with Gasteiger partial charge in [0.25, 0.3) is 0 Å². The molecule has 186 valence electrons. The van der Waals surface area contributed by atoms with Crippen LogP contribution in [0.25, 0.3) is 0 Å². The van der Waals surface area contributed by atoms with Gasteiger partial charge in [0, 0.05) is 37.8 Å². The Hall–Kier alpha value is -1.26. The average Bonchev–Trinajstić information content (AvgIpc) is 3.21. The Balaban J connectivity index is 1.20. The van der Waals surface area contributed by atoms with Gasteiger partial charge in [0.05, 0.1) is 12.5 Å². The van der Waals surface area contributed by atoms with Gasteiger partial charge < -0.3 is 24.3 Å². The molecule has 1 spiro atoms. The number of nitrogens with one attached hydrogen (secondary N) is 1. The molecule has 9 heteroatoms. The molecule has 0 radical (unpaired) electrons. The third-order valence-corrected chi connectivity index (χ3v) is 8.45. The van der Waals surface area contributed by atoms with Crippen LogP contribution in [0.1, 0.15) is 72.1 Å². The zero-order chi connectivity index (χ0) is 23.2. The van der Waals surface area contributed by atoms with Gasteiger partial charge in [-0.15, -0.1) is 0 Å². The molecule has 0 aromatic rings. The van der Waals surface area contributed by atoms with Crippen LogP contribution < -0.4 is 5.32 Å². The molecule has 6 fully saturated rings. The maximum atomic E-state index is 12.6. The van der Waals surface area contributed by atoms with Crippen LogP contribution in [0.5, 0.6) is 0 Å². The second-order valence-electron chi connectivity index (χ2n) is 10.7. The molecular formula is C24H37NO8. The highest BCUT2D eigenvalue weighted by Crippen LogP contribution is 2.60. The van der Waals surface area contributed by atoms with Crippen LogP contribution in [0.4, 0.5) is 0 Å². The Bertz CT molecular complexity index is 757. The first-order valence-electron chi connectivity index (χ1n) is 12.6. The third kappa shape index (κ3) is 4.31. The van der Waals surface area contributed by atoms with E-state index in [0.29, 0.717) is 12.5 Å². The minimum absolute atomic E-state index is 0.00224. The first-order valence-corrected chi connectivity index (χ1v) is 12.6. The van der Waals surface area contributed by atoms with Gasteiger partial charge in [-0.05, 0) is 50.9 Å². The molecule has 2 bridgehead atoms. The normalized spacial score (nSPS) is 46.3. The van der Waals surface area contributed by atoms with Crippen molar-refractivity contribution in [2.75, 3.05) is 13.2 Å². The Labute approximate surface area is 195 Å². The second kappa shape index (κ2) is 9.07. The van der Waals surface area contributed by atoms with Crippen molar-refractivity contribution in [2.24, 2.45) is 23.7 Å². The molecule has 9 atom stereocenters. The molecule has 0 aromatic heterocycles. The highest BCUT2D eigenvalue weighted by atomic mass is 17.3. The highest BCUT2D eigenvalue weighted by Gasteiger charge is 2.69. The summed E-state index contributed by atoms with van der Waals surface area (Å²) in [7, 11) is 0. The topological polar surface area (TPSA) is 102 Å². The van der Waals surface area contributed by atoms with Crippen LogP contribution in [0.15, 0.2) is 0 Å². The van der Waals surface area contributed by atoms with E-state index in [0.717, 1.165) is 45.1 Å². The number of carbonyl (C=O) groups excluding carboxylic acids is 2. The number of esters is 1. The molecule has 33 heavy (non-hydrogen) atoms. The van der Waals surface area contributed by atoms with Crippen molar-refractivity contribution in [3.8, 4) is 0 Å². The summed E-state index contributed by atoms with van der Waals surface area (Å²) in [5.41, 5.74) is -0.682. The molecule has 1 aliphatic carbocycles. The predicted molar refractivity (Wildman–Crippen MR) is 114 cm³/mol. The molecule has 1 saturated carbocycles. The number of rotatable bonds is 6. The zero-order valence-corrected chi connectivity index (χ0v) is 19.9. The third-order valence-electron chi connectivity index (χ3n) is 8.45. The zero-order valence-electron chi connectivity index (χ0n) is 19.9. The van der Waals surface area contributed by atoms with Crippen molar-refractivity contribution >= 4 is 11.9 Å². The summed E-state index contributed by atoms with van der Waals surface area (Å²) in [6.07, 6.45) is 4.44. The molecule has 1 N–H and O–H groups in total. The lowest BCUT2D eigenvalue weighted by Crippen LogP contribution is -2.70. The standard InChI is InChI=1S/C24H37NO8/c1-14-6-7-18-15(2)21(29-20(27)9-8-19(26)25-13-16-5-4-12-28-16)30-22-24(18)17(14)10-11-23(3,31-22)32-33-24/h14-18,21-22H,4-13H2,1-3H3,(H,25,26)/t14-,15-,16+,17-,18-,21-,22-,23-,24-/m1/s1. The number of amides is 1. The fourth-order valence-electron chi connectivity index (χ4n) is 6.53. The second-order valence-corrected chi connectivity index (χ2v) is 10.7. The predicted octanol–water partition coefficient (Wildman–Crippen LogP) is 2.81. The minimum atomic E-state index is -0.867. The quantitative estimate of drug-likeness (QED) is 0.470.